The van der Waals surface area contributed by atoms with E-state index < -0.39 is 0 Å². The second-order valence-corrected chi connectivity index (χ2v) is 7.13. The molecule has 2 fully saturated rings. The number of likely N-dealkylation sites (tertiary alicyclic amines) is 1. The normalized spacial score (nSPS) is 28.9. The first kappa shape index (κ1) is 13.3. The van der Waals surface area contributed by atoms with Crippen LogP contribution in [-0.2, 0) is 11.2 Å². The fourth-order valence-electron chi connectivity index (χ4n) is 4.27. The molecule has 3 heteroatoms. The standard InChI is InChI=1S/C18H24N2O/c1-14(21)20-13-18(11-16-5-2-3-6-17(16)20)9-4-10-19(18)12-15-7-8-15/h2-3,5-6,15H,4,7-13H2,1H3. The average molecular weight is 284 g/mol. The highest BCUT2D eigenvalue weighted by molar-refractivity contribution is 5.93. The number of nitrogens with zero attached hydrogens (tertiary/aromatic N) is 2. The fourth-order valence-corrected chi connectivity index (χ4v) is 4.27. The minimum Gasteiger partial charge on any atom is -0.311 e. The zero-order chi connectivity index (χ0) is 14.4. The summed E-state index contributed by atoms with van der Waals surface area (Å²) in [6.07, 6.45) is 6.43. The second-order valence-electron chi connectivity index (χ2n) is 7.13. The Kier molecular flexibility index (Phi) is 3.07. The predicted molar refractivity (Wildman–Crippen MR) is 84.4 cm³/mol. The first-order valence-corrected chi connectivity index (χ1v) is 8.29. The monoisotopic (exact) mass is 284 g/mol. The molecule has 2 heterocycles. The van der Waals surface area contributed by atoms with Gasteiger partial charge >= 0.3 is 0 Å². The van der Waals surface area contributed by atoms with Crippen molar-refractivity contribution in [2.45, 2.75) is 44.6 Å². The van der Waals surface area contributed by atoms with Gasteiger partial charge in [-0.15, -0.1) is 0 Å². The molecule has 21 heavy (non-hydrogen) atoms. The molecule has 1 atom stereocenters. The lowest BCUT2D eigenvalue weighted by molar-refractivity contribution is -0.117. The van der Waals surface area contributed by atoms with Crippen molar-refractivity contribution in [1.29, 1.82) is 0 Å². The van der Waals surface area contributed by atoms with Gasteiger partial charge in [0, 0.05) is 31.2 Å². The number of fused-ring (bicyclic) bond motifs is 1. The Morgan fingerprint density at radius 1 is 1.33 bits per heavy atom. The van der Waals surface area contributed by atoms with Crippen LogP contribution in [0.5, 0.6) is 0 Å². The Bertz CT molecular complexity index is 566. The van der Waals surface area contributed by atoms with Crippen molar-refractivity contribution in [3.05, 3.63) is 29.8 Å². The smallest absolute Gasteiger partial charge is 0.223 e. The number of para-hydroxylation sites is 1. The lowest BCUT2D eigenvalue weighted by Gasteiger charge is -2.46. The van der Waals surface area contributed by atoms with E-state index in [0.717, 1.165) is 24.6 Å². The van der Waals surface area contributed by atoms with Gasteiger partial charge in [-0.2, -0.15) is 0 Å². The van der Waals surface area contributed by atoms with E-state index in [1.54, 1.807) is 6.92 Å². The van der Waals surface area contributed by atoms with Gasteiger partial charge in [0.2, 0.25) is 5.91 Å². The number of anilines is 1. The average Bonchev–Trinajstić information content (AvgIpc) is 3.22. The first-order chi connectivity index (χ1) is 10.2. The Morgan fingerprint density at radius 2 is 2.14 bits per heavy atom. The van der Waals surface area contributed by atoms with Crippen LogP contribution in [-0.4, -0.2) is 36.0 Å². The Hall–Kier alpha value is -1.35. The number of carbonyl (C=O) groups is 1. The lowest BCUT2D eigenvalue weighted by atomic mass is 9.83. The quantitative estimate of drug-likeness (QED) is 0.834. The second kappa shape index (κ2) is 4.84. The van der Waals surface area contributed by atoms with Gasteiger partial charge in [0.05, 0.1) is 0 Å². The molecular weight excluding hydrogens is 260 g/mol. The van der Waals surface area contributed by atoms with Crippen molar-refractivity contribution in [2.75, 3.05) is 24.5 Å². The summed E-state index contributed by atoms with van der Waals surface area (Å²) in [6.45, 7) is 5.04. The highest BCUT2D eigenvalue weighted by atomic mass is 16.2. The van der Waals surface area contributed by atoms with Gasteiger partial charge in [0.25, 0.3) is 0 Å². The highest BCUT2D eigenvalue weighted by Gasteiger charge is 2.47. The molecule has 112 valence electrons. The van der Waals surface area contributed by atoms with E-state index in [-0.39, 0.29) is 11.4 Å². The molecule has 1 amide bonds. The Morgan fingerprint density at radius 3 is 2.90 bits per heavy atom. The number of hydrogen-bond donors (Lipinski definition) is 0. The maximum atomic E-state index is 12.2. The minimum absolute atomic E-state index is 0.180. The van der Waals surface area contributed by atoms with E-state index in [1.807, 2.05) is 11.0 Å². The van der Waals surface area contributed by atoms with Crippen LogP contribution in [0.15, 0.2) is 24.3 Å². The van der Waals surface area contributed by atoms with Gasteiger partial charge in [-0.25, -0.2) is 0 Å². The molecule has 3 nitrogen and oxygen atoms in total. The van der Waals surface area contributed by atoms with E-state index in [2.05, 4.69) is 23.1 Å². The Labute approximate surface area is 126 Å². The molecular formula is C18H24N2O. The summed E-state index contributed by atoms with van der Waals surface area (Å²) in [5.41, 5.74) is 2.68. The summed E-state index contributed by atoms with van der Waals surface area (Å²) in [5, 5.41) is 0. The first-order valence-electron chi connectivity index (χ1n) is 8.29. The number of amides is 1. The van der Waals surface area contributed by atoms with Crippen LogP contribution in [0.4, 0.5) is 5.69 Å². The molecule has 0 radical (unpaired) electrons. The molecule has 1 saturated carbocycles. The largest absolute Gasteiger partial charge is 0.311 e. The molecule has 1 unspecified atom stereocenters. The molecule has 3 aliphatic rings. The van der Waals surface area contributed by atoms with E-state index >= 15 is 0 Å². The lowest BCUT2D eigenvalue weighted by Crippen LogP contribution is -2.57. The van der Waals surface area contributed by atoms with E-state index in [9.17, 15) is 4.79 Å². The molecule has 0 bridgehead atoms. The van der Waals surface area contributed by atoms with E-state index in [0.29, 0.717) is 0 Å². The molecule has 1 aromatic carbocycles. The van der Waals surface area contributed by atoms with Crippen molar-refractivity contribution in [2.24, 2.45) is 5.92 Å². The summed E-state index contributed by atoms with van der Waals surface area (Å²) < 4.78 is 0. The van der Waals surface area contributed by atoms with Gasteiger partial charge in [-0.1, -0.05) is 18.2 Å². The number of carbonyl (C=O) groups excluding carboxylic acids is 1. The molecule has 2 aliphatic heterocycles. The third kappa shape index (κ3) is 2.28. The number of benzene rings is 1. The zero-order valence-electron chi connectivity index (χ0n) is 12.8. The molecule has 1 aromatic rings. The maximum absolute atomic E-state index is 12.2. The zero-order valence-corrected chi connectivity index (χ0v) is 12.8. The third-order valence-electron chi connectivity index (χ3n) is 5.55. The van der Waals surface area contributed by atoms with E-state index in [1.165, 1.54) is 44.3 Å². The topological polar surface area (TPSA) is 23.6 Å². The van der Waals surface area contributed by atoms with Crippen molar-refractivity contribution in [3.8, 4) is 0 Å². The molecule has 0 N–H and O–H groups in total. The summed E-state index contributed by atoms with van der Waals surface area (Å²) in [6, 6.07) is 8.46. The number of hydrogen-bond acceptors (Lipinski definition) is 2. The van der Waals surface area contributed by atoms with Crippen molar-refractivity contribution < 1.29 is 4.79 Å². The van der Waals surface area contributed by atoms with Crippen LogP contribution in [0.1, 0.15) is 38.2 Å². The highest BCUT2D eigenvalue weighted by Crippen LogP contribution is 2.43. The van der Waals surface area contributed by atoms with Crippen LogP contribution in [0.3, 0.4) is 0 Å². The van der Waals surface area contributed by atoms with E-state index in [4.69, 9.17) is 0 Å². The molecule has 0 aromatic heterocycles. The van der Waals surface area contributed by atoms with Crippen molar-refractivity contribution in [1.82, 2.24) is 4.90 Å². The third-order valence-corrected chi connectivity index (χ3v) is 5.55. The molecule has 1 saturated heterocycles. The van der Waals surface area contributed by atoms with Gasteiger partial charge in [0.15, 0.2) is 0 Å². The van der Waals surface area contributed by atoms with Gasteiger partial charge in [-0.05, 0) is 56.2 Å². The summed E-state index contributed by atoms with van der Waals surface area (Å²) in [5.74, 6) is 1.10. The number of rotatable bonds is 2. The van der Waals surface area contributed by atoms with Crippen molar-refractivity contribution >= 4 is 11.6 Å². The van der Waals surface area contributed by atoms with Crippen LogP contribution in [0.25, 0.3) is 0 Å². The summed E-state index contributed by atoms with van der Waals surface area (Å²) in [4.78, 5) is 16.9. The van der Waals surface area contributed by atoms with Gasteiger partial charge in [-0.3, -0.25) is 9.69 Å². The SMILES string of the molecule is CC(=O)N1CC2(CCCN2CC2CC2)Cc2ccccc21. The maximum Gasteiger partial charge on any atom is 0.223 e. The predicted octanol–water partition coefficient (Wildman–Crippen LogP) is 2.84. The minimum atomic E-state index is 0.180. The fraction of sp³-hybridized carbons (Fsp3) is 0.611. The van der Waals surface area contributed by atoms with Crippen LogP contribution in [0.2, 0.25) is 0 Å². The van der Waals surface area contributed by atoms with Crippen LogP contribution >= 0.6 is 0 Å². The molecule has 1 aliphatic carbocycles. The van der Waals surface area contributed by atoms with Crippen LogP contribution < -0.4 is 4.90 Å². The molecule has 1 spiro atoms. The summed E-state index contributed by atoms with van der Waals surface area (Å²) in [7, 11) is 0. The van der Waals surface area contributed by atoms with Gasteiger partial charge in [0.1, 0.15) is 0 Å². The molecule has 4 rings (SSSR count). The van der Waals surface area contributed by atoms with Crippen molar-refractivity contribution in [3.63, 3.8) is 0 Å². The Balaban J connectivity index is 1.69. The summed E-state index contributed by atoms with van der Waals surface area (Å²) >= 11 is 0. The van der Waals surface area contributed by atoms with Crippen LogP contribution in [0, 0.1) is 5.92 Å². The van der Waals surface area contributed by atoms with Gasteiger partial charge < -0.3 is 4.90 Å².